The van der Waals surface area contributed by atoms with Crippen molar-refractivity contribution in [2.45, 2.75) is 37.8 Å². The minimum absolute atomic E-state index is 0.421. The first kappa shape index (κ1) is 9.44. The number of ether oxygens (including phenoxy) is 1. The molecule has 0 aromatic rings. The lowest BCUT2D eigenvalue weighted by molar-refractivity contribution is 0.0948. The summed E-state index contributed by atoms with van der Waals surface area (Å²) in [5.41, 5.74) is 5.84. The van der Waals surface area contributed by atoms with Gasteiger partial charge in [-0.1, -0.05) is 0 Å². The smallest absolute Gasteiger partial charge is 0.0588 e. The second-order valence-electron chi connectivity index (χ2n) is 4.27. The molecule has 0 saturated carbocycles. The standard InChI is InChI=1S/C10H20N2O/c11-9-3-5-12(8-9)6-4-10-2-1-7-13-10/h9-10H,1-8,11H2/t9-,10?/m1/s1. The van der Waals surface area contributed by atoms with E-state index in [9.17, 15) is 0 Å². The van der Waals surface area contributed by atoms with Crippen LogP contribution in [-0.2, 0) is 4.74 Å². The molecule has 0 aromatic carbocycles. The first-order valence-corrected chi connectivity index (χ1v) is 5.44. The third-order valence-corrected chi connectivity index (χ3v) is 3.10. The number of likely N-dealkylation sites (tertiary alicyclic amines) is 1. The highest BCUT2D eigenvalue weighted by atomic mass is 16.5. The van der Waals surface area contributed by atoms with Gasteiger partial charge in [0, 0.05) is 25.7 Å². The second kappa shape index (κ2) is 4.40. The molecule has 1 unspecified atom stereocenters. The van der Waals surface area contributed by atoms with Gasteiger partial charge < -0.3 is 15.4 Å². The quantitative estimate of drug-likeness (QED) is 0.697. The zero-order valence-corrected chi connectivity index (χ0v) is 8.24. The lowest BCUT2D eigenvalue weighted by atomic mass is 10.2. The zero-order valence-electron chi connectivity index (χ0n) is 8.24. The van der Waals surface area contributed by atoms with Crippen LogP contribution in [-0.4, -0.2) is 43.3 Å². The van der Waals surface area contributed by atoms with E-state index in [2.05, 4.69) is 4.90 Å². The van der Waals surface area contributed by atoms with Gasteiger partial charge in [-0.15, -0.1) is 0 Å². The molecule has 2 aliphatic heterocycles. The Morgan fingerprint density at radius 1 is 1.38 bits per heavy atom. The summed E-state index contributed by atoms with van der Waals surface area (Å²) in [4.78, 5) is 2.46. The molecule has 2 fully saturated rings. The van der Waals surface area contributed by atoms with Gasteiger partial charge in [0.2, 0.25) is 0 Å². The Morgan fingerprint density at radius 3 is 2.92 bits per heavy atom. The van der Waals surface area contributed by atoms with E-state index >= 15 is 0 Å². The fourth-order valence-electron chi connectivity index (χ4n) is 2.26. The Hall–Kier alpha value is -0.120. The molecular formula is C10H20N2O. The molecule has 2 saturated heterocycles. The number of nitrogens with two attached hydrogens (primary N) is 1. The molecule has 0 bridgehead atoms. The molecule has 2 heterocycles. The highest BCUT2D eigenvalue weighted by molar-refractivity contribution is 4.78. The average Bonchev–Trinajstić information content (AvgIpc) is 2.71. The van der Waals surface area contributed by atoms with E-state index in [1.807, 2.05) is 0 Å². The maximum absolute atomic E-state index is 5.84. The van der Waals surface area contributed by atoms with E-state index < -0.39 is 0 Å². The number of rotatable bonds is 3. The van der Waals surface area contributed by atoms with Crippen molar-refractivity contribution in [3.63, 3.8) is 0 Å². The van der Waals surface area contributed by atoms with Crippen molar-refractivity contribution in [3.05, 3.63) is 0 Å². The molecule has 2 N–H and O–H groups in total. The molecule has 13 heavy (non-hydrogen) atoms. The van der Waals surface area contributed by atoms with E-state index in [0.29, 0.717) is 12.1 Å². The van der Waals surface area contributed by atoms with Gasteiger partial charge in [0.25, 0.3) is 0 Å². The largest absolute Gasteiger partial charge is 0.378 e. The molecule has 0 spiro atoms. The summed E-state index contributed by atoms with van der Waals surface area (Å²) >= 11 is 0. The van der Waals surface area contributed by atoms with Crippen molar-refractivity contribution in [3.8, 4) is 0 Å². The van der Waals surface area contributed by atoms with Crippen molar-refractivity contribution in [1.29, 1.82) is 0 Å². The zero-order chi connectivity index (χ0) is 9.10. The van der Waals surface area contributed by atoms with Gasteiger partial charge in [0.1, 0.15) is 0 Å². The van der Waals surface area contributed by atoms with Crippen LogP contribution >= 0.6 is 0 Å². The van der Waals surface area contributed by atoms with Gasteiger partial charge in [-0.2, -0.15) is 0 Å². The maximum Gasteiger partial charge on any atom is 0.0588 e. The number of hydrogen-bond acceptors (Lipinski definition) is 3. The van der Waals surface area contributed by atoms with E-state index in [-0.39, 0.29) is 0 Å². The van der Waals surface area contributed by atoms with Crippen LogP contribution in [0.15, 0.2) is 0 Å². The van der Waals surface area contributed by atoms with E-state index in [4.69, 9.17) is 10.5 Å². The molecule has 0 aromatic heterocycles. The number of hydrogen-bond donors (Lipinski definition) is 1. The summed E-state index contributed by atoms with van der Waals surface area (Å²) in [6, 6.07) is 0.421. The Morgan fingerprint density at radius 2 is 2.31 bits per heavy atom. The Bertz CT molecular complexity index is 157. The minimum atomic E-state index is 0.421. The van der Waals surface area contributed by atoms with E-state index in [1.54, 1.807) is 0 Å². The minimum Gasteiger partial charge on any atom is -0.378 e. The molecular weight excluding hydrogens is 164 g/mol. The summed E-state index contributed by atoms with van der Waals surface area (Å²) in [6.07, 6.45) is 5.43. The molecule has 0 amide bonds. The van der Waals surface area contributed by atoms with Gasteiger partial charge >= 0.3 is 0 Å². The van der Waals surface area contributed by atoms with Gasteiger partial charge in [0.05, 0.1) is 6.10 Å². The molecule has 2 aliphatic rings. The van der Waals surface area contributed by atoms with Gasteiger partial charge in [-0.3, -0.25) is 0 Å². The molecule has 2 atom stereocenters. The van der Waals surface area contributed by atoms with Crippen LogP contribution in [0.1, 0.15) is 25.7 Å². The number of nitrogens with zero attached hydrogens (tertiary/aromatic N) is 1. The monoisotopic (exact) mass is 184 g/mol. The predicted molar refractivity (Wildman–Crippen MR) is 52.6 cm³/mol. The molecule has 3 heteroatoms. The van der Waals surface area contributed by atoms with Crippen molar-refractivity contribution >= 4 is 0 Å². The van der Waals surface area contributed by atoms with E-state index in [1.165, 1.54) is 38.8 Å². The fourth-order valence-corrected chi connectivity index (χ4v) is 2.26. The summed E-state index contributed by atoms with van der Waals surface area (Å²) in [7, 11) is 0. The highest BCUT2D eigenvalue weighted by Crippen LogP contribution is 2.17. The molecule has 2 rings (SSSR count). The predicted octanol–water partition coefficient (Wildman–Crippen LogP) is 0.588. The Balaban J connectivity index is 1.62. The summed E-state index contributed by atoms with van der Waals surface area (Å²) in [6.45, 7) is 4.43. The van der Waals surface area contributed by atoms with Crippen LogP contribution in [0.4, 0.5) is 0 Å². The first-order valence-electron chi connectivity index (χ1n) is 5.44. The highest BCUT2D eigenvalue weighted by Gasteiger charge is 2.21. The third-order valence-electron chi connectivity index (χ3n) is 3.10. The van der Waals surface area contributed by atoms with Gasteiger partial charge in [-0.05, 0) is 32.2 Å². The normalized spacial score (nSPS) is 35.8. The third kappa shape index (κ3) is 2.66. The molecule has 0 aliphatic carbocycles. The van der Waals surface area contributed by atoms with E-state index in [0.717, 1.165) is 13.2 Å². The SMILES string of the molecule is N[C@@H]1CCN(CCC2CCCO2)C1. The summed E-state index contributed by atoms with van der Waals surface area (Å²) < 4.78 is 5.58. The van der Waals surface area contributed by atoms with Crippen molar-refractivity contribution < 1.29 is 4.74 Å². The van der Waals surface area contributed by atoms with Crippen molar-refractivity contribution in [2.24, 2.45) is 5.73 Å². The average molecular weight is 184 g/mol. The van der Waals surface area contributed by atoms with Crippen LogP contribution in [0.25, 0.3) is 0 Å². The van der Waals surface area contributed by atoms with Crippen LogP contribution < -0.4 is 5.73 Å². The lowest BCUT2D eigenvalue weighted by Crippen LogP contribution is -2.28. The second-order valence-corrected chi connectivity index (χ2v) is 4.27. The topological polar surface area (TPSA) is 38.5 Å². The fraction of sp³-hybridized carbons (Fsp3) is 1.00. The summed E-state index contributed by atoms with van der Waals surface area (Å²) in [5, 5.41) is 0. The van der Waals surface area contributed by atoms with Gasteiger partial charge in [0.15, 0.2) is 0 Å². The Labute approximate surface area is 80.2 Å². The summed E-state index contributed by atoms with van der Waals surface area (Å²) in [5.74, 6) is 0. The first-order chi connectivity index (χ1) is 6.34. The van der Waals surface area contributed by atoms with Crippen molar-refractivity contribution in [2.75, 3.05) is 26.2 Å². The Kier molecular flexibility index (Phi) is 3.19. The van der Waals surface area contributed by atoms with Crippen molar-refractivity contribution in [1.82, 2.24) is 4.90 Å². The van der Waals surface area contributed by atoms with Crippen LogP contribution in [0, 0.1) is 0 Å². The van der Waals surface area contributed by atoms with Crippen LogP contribution in [0.2, 0.25) is 0 Å². The maximum atomic E-state index is 5.84. The van der Waals surface area contributed by atoms with Crippen LogP contribution in [0.5, 0.6) is 0 Å². The molecule has 0 radical (unpaired) electrons. The van der Waals surface area contributed by atoms with Crippen LogP contribution in [0.3, 0.4) is 0 Å². The molecule has 3 nitrogen and oxygen atoms in total. The lowest BCUT2D eigenvalue weighted by Gasteiger charge is -2.17. The molecule has 76 valence electrons. The van der Waals surface area contributed by atoms with Gasteiger partial charge in [-0.25, -0.2) is 0 Å².